The van der Waals surface area contributed by atoms with Gasteiger partial charge in [-0.15, -0.1) is 0 Å². The van der Waals surface area contributed by atoms with Crippen molar-refractivity contribution < 1.29 is 4.39 Å². The fourth-order valence-electron chi connectivity index (χ4n) is 4.92. The van der Waals surface area contributed by atoms with Gasteiger partial charge in [-0.3, -0.25) is 5.10 Å². The molecule has 1 unspecified atom stereocenters. The number of benzene rings is 2. The lowest BCUT2D eigenvalue weighted by molar-refractivity contribution is 0.317. The SMILES string of the molecule is C[C@H]1CCC(c2ccccc2)SN1Cc1ccc(N2CCC(c3ccn[nH]3)CC2)cc1F. The molecule has 6 heteroatoms. The van der Waals surface area contributed by atoms with Gasteiger partial charge < -0.3 is 4.90 Å². The lowest BCUT2D eigenvalue weighted by Crippen LogP contribution is -2.33. The molecular formula is C26H31FN4S. The summed E-state index contributed by atoms with van der Waals surface area (Å²) in [6.07, 6.45) is 6.25. The summed E-state index contributed by atoms with van der Waals surface area (Å²) in [4.78, 5) is 2.31. The Kier molecular flexibility index (Phi) is 6.51. The molecule has 0 aliphatic carbocycles. The van der Waals surface area contributed by atoms with Crippen LogP contribution in [0.1, 0.15) is 60.6 Å². The van der Waals surface area contributed by atoms with Crippen LogP contribution in [0.4, 0.5) is 10.1 Å². The highest BCUT2D eigenvalue weighted by Crippen LogP contribution is 2.43. The highest BCUT2D eigenvalue weighted by atomic mass is 32.2. The van der Waals surface area contributed by atoms with Crippen molar-refractivity contribution in [3.05, 3.63) is 83.4 Å². The van der Waals surface area contributed by atoms with Crippen LogP contribution in [0.2, 0.25) is 0 Å². The summed E-state index contributed by atoms with van der Waals surface area (Å²) in [6.45, 7) is 4.79. The minimum atomic E-state index is -0.0900. The van der Waals surface area contributed by atoms with E-state index in [1.54, 1.807) is 6.07 Å². The third kappa shape index (κ3) is 4.71. The average Bonchev–Trinajstić information content (AvgIpc) is 3.37. The molecule has 0 radical (unpaired) electrons. The Labute approximate surface area is 194 Å². The summed E-state index contributed by atoms with van der Waals surface area (Å²) in [5, 5.41) is 7.63. The summed E-state index contributed by atoms with van der Waals surface area (Å²) in [5.41, 5.74) is 4.36. The van der Waals surface area contributed by atoms with E-state index >= 15 is 4.39 Å². The van der Waals surface area contributed by atoms with Crippen LogP contribution in [0.5, 0.6) is 0 Å². The first kappa shape index (κ1) is 21.5. The Morgan fingerprint density at radius 1 is 1.03 bits per heavy atom. The van der Waals surface area contributed by atoms with Crippen molar-refractivity contribution in [2.24, 2.45) is 0 Å². The van der Waals surface area contributed by atoms with Gasteiger partial charge in [-0.1, -0.05) is 48.3 Å². The van der Waals surface area contributed by atoms with Crippen LogP contribution in [0, 0.1) is 5.82 Å². The van der Waals surface area contributed by atoms with E-state index in [2.05, 4.69) is 68.8 Å². The number of anilines is 1. The number of hydrogen-bond acceptors (Lipinski definition) is 4. The molecule has 5 rings (SSSR count). The Morgan fingerprint density at radius 3 is 2.56 bits per heavy atom. The Morgan fingerprint density at radius 2 is 1.84 bits per heavy atom. The topological polar surface area (TPSA) is 35.2 Å². The average molecular weight is 451 g/mol. The number of H-pyrrole nitrogens is 1. The first-order chi connectivity index (χ1) is 15.7. The number of nitrogens with one attached hydrogen (secondary N) is 1. The number of hydrogen-bond donors (Lipinski definition) is 1. The number of piperidine rings is 1. The molecule has 3 aromatic rings. The van der Waals surface area contributed by atoms with Crippen LogP contribution in [-0.4, -0.2) is 33.6 Å². The van der Waals surface area contributed by atoms with E-state index in [1.165, 1.54) is 17.7 Å². The zero-order valence-corrected chi connectivity index (χ0v) is 19.4. The second-order valence-electron chi connectivity index (χ2n) is 9.06. The van der Waals surface area contributed by atoms with Crippen molar-refractivity contribution in [2.75, 3.05) is 18.0 Å². The summed E-state index contributed by atoms with van der Waals surface area (Å²) in [6, 6.07) is 19.0. The molecule has 4 nitrogen and oxygen atoms in total. The minimum absolute atomic E-state index is 0.0900. The second kappa shape index (κ2) is 9.67. The van der Waals surface area contributed by atoms with E-state index in [0.717, 1.165) is 43.6 Å². The number of nitrogens with zero attached hydrogens (tertiary/aromatic N) is 3. The van der Waals surface area contributed by atoms with E-state index in [4.69, 9.17) is 0 Å². The number of aromatic amines is 1. The van der Waals surface area contributed by atoms with Crippen molar-refractivity contribution in [1.29, 1.82) is 0 Å². The molecule has 0 saturated carbocycles. The lowest BCUT2D eigenvalue weighted by atomic mass is 9.93. The molecule has 2 aliphatic rings. The molecule has 1 aromatic heterocycles. The first-order valence-corrected chi connectivity index (χ1v) is 12.5. The van der Waals surface area contributed by atoms with E-state index in [1.807, 2.05) is 24.2 Å². The van der Waals surface area contributed by atoms with Gasteiger partial charge in [-0.2, -0.15) is 5.10 Å². The molecule has 0 bridgehead atoms. The molecule has 32 heavy (non-hydrogen) atoms. The fraction of sp³-hybridized carbons (Fsp3) is 0.423. The van der Waals surface area contributed by atoms with Crippen LogP contribution in [0.15, 0.2) is 60.8 Å². The predicted molar refractivity (Wildman–Crippen MR) is 130 cm³/mol. The van der Waals surface area contributed by atoms with Crippen molar-refractivity contribution in [3.63, 3.8) is 0 Å². The maximum Gasteiger partial charge on any atom is 0.129 e. The van der Waals surface area contributed by atoms with E-state index in [0.29, 0.717) is 23.8 Å². The van der Waals surface area contributed by atoms with Crippen molar-refractivity contribution in [2.45, 2.75) is 56.4 Å². The summed E-state index contributed by atoms with van der Waals surface area (Å²) in [7, 11) is 0. The van der Waals surface area contributed by atoms with Crippen molar-refractivity contribution >= 4 is 17.6 Å². The first-order valence-electron chi connectivity index (χ1n) is 11.7. The lowest BCUT2D eigenvalue weighted by Gasteiger charge is -2.37. The van der Waals surface area contributed by atoms with Crippen LogP contribution in [-0.2, 0) is 6.54 Å². The van der Waals surface area contributed by atoms with Gasteiger partial charge >= 0.3 is 0 Å². The highest BCUT2D eigenvalue weighted by molar-refractivity contribution is 7.97. The van der Waals surface area contributed by atoms with Gasteiger partial charge in [-0.25, -0.2) is 8.70 Å². The minimum Gasteiger partial charge on any atom is -0.371 e. The molecule has 0 amide bonds. The van der Waals surface area contributed by atoms with E-state index < -0.39 is 0 Å². The van der Waals surface area contributed by atoms with Crippen molar-refractivity contribution in [3.8, 4) is 0 Å². The maximum absolute atomic E-state index is 15.1. The van der Waals surface area contributed by atoms with E-state index in [-0.39, 0.29) is 5.82 Å². The van der Waals surface area contributed by atoms with Gasteiger partial charge in [0.1, 0.15) is 5.82 Å². The van der Waals surface area contributed by atoms with Gasteiger partial charge in [-0.05, 0) is 56.4 Å². The Bertz CT molecular complexity index is 1000. The quantitative estimate of drug-likeness (QED) is 0.462. The van der Waals surface area contributed by atoms with Crippen LogP contribution >= 0.6 is 11.9 Å². The van der Waals surface area contributed by atoms with Crippen LogP contribution in [0.25, 0.3) is 0 Å². The summed E-state index contributed by atoms with van der Waals surface area (Å²) in [5.74, 6) is 0.431. The molecule has 168 valence electrons. The zero-order valence-electron chi connectivity index (χ0n) is 18.6. The summed E-state index contributed by atoms with van der Waals surface area (Å²) < 4.78 is 17.5. The Hall–Kier alpha value is -2.31. The molecule has 2 atom stereocenters. The zero-order chi connectivity index (χ0) is 21.9. The normalized spacial score (nSPS) is 22.9. The van der Waals surface area contributed by atoms with Gasteiger partial charge in [0.25, 0.3) is 0 Å². The molecule has 2 aromatic carbocycles. The van der Waals surface area contributed by atoms with Gasteiger partial charge in [0, 0.05) is 60.0 Å². The third-order valence-corrected chi connectivity index (χ3v) is 8.48. The maximum atomic E-state index is 15.1. The largest absolute Gasteiger partial charge is 0.371 e. The molecule has 2 fully saturated rings. The van der Waals surface area contributed by atoms with Gasteiger partial charge in [0.2, 0.25) is 0 Å². The summed E-state index contributed by atoms with van der Waals surface area (Å²) >= 11 is 1.88. The number of halogens is 1. The second-order valence-corrected chi connectivity index (χ2v) is 10.3. The van der Waals surface area contributed by atoms with Crippen LogP contribution < -0.4 is 4.90 Å². The molecule has 2 saturated heterocycles. The molecular weight excluding hydrogens is 419 g/mol. The molecule has 3 heterocycles. The van der Waals surface area contributed by atoms with Gasteiger partial charge in [0.05, 0.1) is 0 Å². The Balaban J connectivity index is 1.22. The number of rotatable bonds is 5. The van der Waals surface area contributed by atoms with Crippen LogP contribution in [0.3, 0.4) is 0 Å². The fourth-order valence-corrected chi connectivity index (χ4v) is 6.29. The smallest absolute Gasteiger partial charge is 0.129 e. The van der Waals surface area contributed by atoms with Crippen molar-refractivity contribution in [1.82, 2.24) is 14.5 Å². The number of aromatic nitrogens is 2. The molecule has 2 aliphatic heterocycles. The standard InChI is InChI=1S/C26H31FN4S/c1-19-7-10-26(21-5-3-2-4-6-21)32-31(19)18-22-8-9-23(17-24(22)27)30-15-12-20(13-16-30)25-11-14-28-29-25/h2-6,8-9,11,14,17,19-20,26H,7,10,12-13,15-16,18H2,1H3,(H,28,29)/t19-,26?/m0/s1. The third-order valence-electron chi connectivity index (χ3n) is 6.96. The van der Waals surface area contributed by atoms with Gasteiger partial charge in [0.15, 0.2) is 0 Å². The highest BCUT2D eigenvalue weighted by Gasteiger charge is 2.28. The predicted octanol–water partition coefficient (Wildman–Crippen LogP) is 6.31. The monoisotopic (exact) mass is 450 g/mol. The molecule has 1 N–H and O–H groups in total. The molecule has 0 spiro atoms. The van der Waals surface area contributed by atoms with E-state index in [9.17, 15) is 0 Å².